The zero-order valence-corrected chi connectivity index (χ0v) is 11.2. The molecule has 0 saturated carbocycles. The molecule has 2 aromatic carbocycles. The van der Waals surface area contributed by atoms with Gasteiger partial charge in [-0.05, 0) is 37.6 Å². The summed E-state index contributed by atoms with van der Waals surface area (Å²) in [5.41, 5.74) is 1.78. The Bertz CT molecular complexity index is 680. The number of hydrogen-bond acceptors (Lipinski definition) is 2. The molecule has 4 heteroatoms. The molecule has 2 rings (SSSR count). The standard InChI is InChI=1S/C16H14FNO2/c1-10-7-8-12(11(2)19)9-15(10)18-16(20)13-5-3-4-6-14(13)17/h3-9H,1-2H3,(H,18,20). The molecule has 0 bridgehead atoms. The molecule has 1 amide bonds. The number of Topliss-reactive ketones (excluding diaryl/α,β-unsaturated/α-hetero) is 1. The SMILES string of the molecule is CC(=O)c1ccc(C)c(NC(=O)c2ccccc2F)c1. The number of carbonyl (C=O) groups excluding carboxylic acids is 2. The monoisotopic (exact) mass is 271 g/mol. The van der Waals surface area contributed by atoms with Gasteiger partial charge >= 0.3 is 0 Å². The van der Waals surface area contributed by atoms with E-state index in [0.29, 0.717) is 11.3 Å². The number of ketones is 1. The van der Waals surface area contributed by atoms with E-state index in [0.717, 1.165) is 5.56 Å². The van der Waals surface area contributed by atoms with E-state index in [-0.39, 0.29) is 11.3 Å². The molecule has 0 aliphatic carbocycles. The Balaban J connectivity index is 2.30. The number of nitrogens with one attached hydrogen (secondary N) is 1. The van der Waals surface area contributed by atoms with Crippen LogP contribution in [-0.4, -0.2) is 11.7 Å². The van der Waals surface area contributed by atoms with Gasteiger partial charge in [-0.3, -0.25) is 9.59 Å². The smallest absolute Gasteiger partial charge is 0.258 e. The molecule has 0 spiro atoms. The molecule has 0 aromatic heterocycles. The summed E-state index contributed by atoms with van der Waals surface area (Å²) in [5.74, 6) is -1.20. The first-order chi connectivity index (χ1) is 9.49. The van der Waals surface area contributed by atoms with Gasteiger partial charge in [0.15, 0.2) is 5.78 Å². The van der Waals surface area contributed by atoms with Gasteiger partial charge in [0.25, 0.3) is 5.91 Å². The van der Waals surface area contributed by atoms with Crippen LogP contribution in [0.15, 0.2) is 42.5 Å². The second-order valence-electron chi connectivity index (χ2n) is 4.52. The Hall–Kier alpha value is -2.49. The van der Waals surface area contributed by atoms with Gasteiger partial charge < -0.3 is 5.32 Å². The van der Waals surface area contributed by atoms with E-state index in [4.69, 9.17) is 0 Å². The van der Waals surface area contributed by atoms with E-state index in [2.05, 4.69) is 5.32 Å². The van der Waals surface area contributed by atoms with Crippen LogP contribution < -0.4 is 5.32 Å². The summed E-state index contributed by atoms with van der Waals surface area (Å²) >= 11 is 0. The minimum absolute atomic E-state index is 0.0277. The first-order valence-corrected chi connectivity index (χ1v) is 6.16. The van der Waals surface area contributed by atoms with Crippen molar-refractivity contribution in [1.82, 2.24) is 0 Å². The number of hydrogen-bond donors (Lipinski definition) is 1. The molecule has 0 aliphatic rings. The van der Waals surface area contributed by atoms with Crippen molar-refractivity contribution in [3.8, 4) is 0 Å². The largest absolute Gasteiger partial charge is 0.322 e. The first-order valence-electron chi connectivity index (χ1n) is 6.16. The molecule has 102 valence electrons. The fourth-order valence-electron chi connectivity index (χ4n) is 1.81. The highest BCUT2D eigenvalue weighted by molar-refractivity contribution is 6.05. The Morgan fingerprint density at radius 2 is 1.80 bits per heavy atom. The summed E-state index contributed by atoms with van der Waals surface area (Å²) in [7, 11) is 0. The summed E-state index contributed by atoms with van der Waals surface area (Å²) in [6.45, 7) is 3.26. The average Bonchev–Trinajstić information content (AvgIpc) is 2.41. The maximum Gasteiger partial charge on any atom is 0.258 e. The molecular formula is C16H14FNO2. The van der Waals surface area contributed by atoms with Crippen molar-refractivity contribution in [3.05, 3.63) is 65.0 Å². The van der Waals surface area contributed by atoms with Crippen LogP contribution in [0.1, 0.15) is 33.2 Å². The average molecular weight is 271 g/mol. The number of rotatable bonds is 3. The number of anilines is 1. The molecular weight excluding hydrogens is 257 g/mol. The van der Waals surface area contributed by atoms with Crippen LogP contribution in [0.25, 0.3) is 0 Å². The molecule has 0 atom stereocenters. The number of carbonyl (C=O) groups is 2. The Morgan fingerprint density at radius 3 is 2.45 bits per heavy atom. The molecule has 0 heterocycles. The van der Waals surface area contributed by atoms with E-state index in [1.54, 1.807) is 31.2 Å². The van der Waals surface area contributed by atoms with E-state index < -0.39 is 11.7 Å². The van der Waals surface area contributed by atoms with Gasteiger partial charge in [-0.25, -0.2) is 4.39 Å². The number of halogens is 1. The van der Waals surface area contributed by atoms with Crippen LogP contribution in [0.2, 0.25) is 0 Å². The van der Waals surface area contributed by atoms with E-state index >= 15 is 0 Å². The highest BCUT2D eigenvalue weighted by Gasteiger charge is 2.12. The van der Waals surface area contributed by atoms with Crippen molar-refractivity contribution in [2.75, 3.05) is 5.32 Å². The van der Waals surface area contributed by atoms with Crippen molar-refractivity contribution in [3.63, 3.8) is 0 Å². The summed E-state index contributed by atoms with van der Waals surface area (Å²) in [4.78, 5) is 23.4. The summed E-state index contributed by atoms with van der Waals surface area (Å²) in [6.07, 6.45) is 0. The predicted molar refractivity (Wildman–Crippen MR) is 75.5 cm³/mol. The van der Waals surface area contributed by atoms with Crippen molar-refractivity contribution < 1.29 is 14.0 Å². The second-order valence-corrected chi connectivity index (χ2v) is 4.52. The van der Waals surface area contributed by atoms with Crippen molar-refractivity contribution in [2.24, 2.45) is 0 Å². The van der Waals surface area contributed by atoms with Crippen LogP contribution >= 0.6 is 0 Å². The number of benzene rings is 2. The Kier molecular flexibility index (Phi) is 3.94. The zero-order chi connectivity index (χ0) is 14.7. The van der Waals surface area contributed by atoms with E-state index in [9.17, 15) is 14.0 Å². The number of amides is 1. The maximum absolute atomic E-state index is 13.5. The molecule has 0 radical (unpaired) electrons. The molecule has 2 aromatic rings. The minimum Gasteiger partial charge on any atom is -0.322 e. The van der Waals surface area contributed by atoms with Crippen LogP contribution in [0, 0.1) is 12.7 Å². The zero-order valence-electron chi connectivity index (χ0n) is 11.2. The fourth-order valence-corrected chi connectivity index (χ4v) is 1.81. The van der Waals surface area contributed by atoms with Gasteiger partial charge in [0, 0.05) is 11.3 Å². The molecule has 0 aliphatic heterocycles. The van der Waals surface area contributed by atoms with Gasteiger partial charge in [0.05, 0.1) is 5.56 Å². The lowest BCUT2D eigenvalue weighted by Gasteiger charge is -2.10. The quantitative estimate of drug-likeness (QED) is 0.867. The molecule has 1 N–H and O–H groups in total. The van der Waals surface area contributed by atoms with Gasteiger partial charge in [-0.15, -0.1) is 0 Å². The molecule has 3 nitrogen and oxygen atoms in total. The lowest BCUT2D eigenvalue weighted by atomic mass is 10.1. The maximum atomic E-state index is 13.5. The predicted octanol–water partition coefficient (Wildman–Crippen LogP) is 3.59. The Labute approximate surface area is 116 Å². The van der Waals surface area contributed by atoms with E-state index in [1.165, 1.54) is 25.1 Å². The normalized spacial score (nSPS) is 10.2. The van der Waals surface area contributed by atoms with Crippen molar-refractivity contribution >= 4 is 17.4 Å². The van der Waals surface area contributed by atoms with Crippen LogP contribution in [-0.2, 0) is 0 Å². The molecule has 0 fully saturated rings. The molecule has 0 saturated heterocycles. The summed E-state index contributed by atoms with van der Waals surface area (Å²) in [6, 6.07) is 10.8. The minimum atomic E-state index is -0.578. The fraction of sp³-hybridized carbons (Fsp3) is 0.125. The topological polar surface area (TPSA) is 46.2 Å². The lowest BCUT2D eigenvalue weighted by molar-refractivity contribution is 0.100. The van der Waals surface area contributed by atoms with Gasteiger partial charge in [-0.1, -0.05) is 24.3 Å². The molecule has 0 unspecified atom stereocenters. The van der Waals surface area contributed by atoms with E-state index in [1.807, 2.05) is 0 Å². The summed E-state index contributed by atoms with van der Waals surface area (Å²) in [5, 5.41) is 2.63. The van der Waals surface area contributed by atoms with Crippen molar-refractivity contribution in [1.29, 1.82) is 0 Å². The highest BCUT2D eigenvalue weighted by Crippen LogP contribution is 2.19. The van der Waals surface area contributed by atoms with Gasteiger partial charge in [-0.2, -0.15) is 0 Å². The van der Waals surface area contributed by atoms with Gasteiger partial charge in [0.2, 0.25) is 0 Å². The third-order valence-electron chi connectivity index (χ3n) is 3.01. The first kappa shape index (κ1) is 13.9. The van der Waals surface area contributed by atoms with Crippen LogP contribution in [0.3, 0.4) is 0 Å². The van der Waals surface area contributed by atoms with Crippen LogP contribution in [0.5, 0.6) is 0 Å². The second kappa shape index (κ2) is 5.65. The third-order valence-corrected chi connectivity index (χ3v) is 3.01. The highest BCUT2D eigenvalue weighted by atomic mass is 19.1. The lowest BCUT2D eigenvalue weighted by Crippen LogP contribution is -2.14. The van der Waals surface area contributed by atoms with Crippen molar-refractivity contribution in [2.45, 2.75) is 13.8 Å². The Morgan fingerprint density at radius 1 is 1.10 bits per heavy atom. The third kappa shape index (κ3) is 2.91. The van der Waals surface area contributed by atoms with Crippen LogP contribution in [0.4, 0.5) is 10.1 Å². The summed E-state index contributed by atoms with van der Waals surface area (Å²) < 4.78 is 13.5. The number of aryl methyl sites for hydroxylation is 1. The van der Waals surface area contributed by atoms with Gasteiger partial charge in [0.1, 0.15) is 5.82 Å². The molecule has 20 heavy (non-hydrogen) atoms.